The van der Waals surface area contributed by atoms with Gasteiger partial charge in [-0.3, -0.25) is 0 Å². The van der Waals surface area contributed by atoms with E-state index in [9.17, 15) is 13.2 Å². The molecule has 1 aromatic heterocycles. The number of aromatic nitrogens is 1. The fourth-order valence-corrected chi connectivity index (χ4v) is 1.74. The summed E-state index contributed by atoms with van der Waals surface area (Å²) in [6.07, 6.45) is -2.35. The number of alkyl halides is 3. The second-order valence-electron chi connectivity index (χ2n) is 4.66. The molecule has 2 N–H and O–H groups in total. The highest BCUT2D eigenvalue weighted by Gasteiger charge is 2.29. The Kier molecular flexibility index (Phi) is 4.13. The molecule has 1 atom stereocenters. The number of hydrogen-bond acceptors (Lipinski definition) is 3. The zero-order valence-corrected chi connectivity index (χ0v) is 10.9. The third-order valence-electron chi connectivity index (χ3n) is 3.05. The summed E-state index contributed by atoms with van der Waals surface area (Å²) in [5, 5.41) is 0. The minimum atomic E-state index is -4.31. The molecule has 0 amide bonds. The van der Waals surface area contributed by atoms with Crippen molar-refractivity contribution >= 4 is 0 Å². The molecule has 3 nitrogen and oxygen atoms in total. The average molecular weight is 284 g/mol. The van der Waals surface area contributed by atoms with Gasteiger partial charge in [0.25, 0.3) is 0 Å². The van der Waals surface area contributed by atoms with Crippen LogP contribution in [0.25, 0.3) is 0 Å². The molecule has 0 radical (unpaired) electrons. The van der Waals surface area contributed by atoms with Crippen molar-refractivity contribution < 1.29 is 17.6 Å². The van der Waals surface area contributed by atoms with E-state index in [-0.39, 0.29) is 5.92 Å². The fourth-order valence-electron chi connectivity index (χ4n) is 1.74. The lowest BCUT2D eigenvalue weighted by Crippen LogP contribution is -2.07. The van der Waals surface area contributed by atoms with Crippen LogP contribution in [0.2, 0.25) is 0 Å². The van der Waals surface area contributed by atoms with Gasteiger partial charge in [-0.25, -0.2) is 4.98 Å². The summed E-state index contributed by atoms with van der Waals surface area (Å²) in [5.41, 5.74) is 5.58. The standard InChI is InChI=1S/C14H15F3N2O/c1-9(7-18)12-8-19-13(20-12)6-10-2-4-11(5-3-10)14(15,16)17/h2-5,8-9H,6-7,18H2,1H3. The van der Waals surface area contributed by atoms with E-state index < -0.39 is 11.7 Å². The van der Waals surface area contributed by atoms with Crippen LogP contribution in [-0.4, -0.2) is 11.5 Å². The van der Waals surface area contributed by atoms with Gasteiger partial charge in [0.1, 0.15) is 5.76 Å². The first-order chi connectivity index (χ1) is 9.40. The van der Waals surface area contributed by atoms with Crippen LogP contribution >= 0.6 is 0 Å². The van der Waals surface area contributed by atoms with E-state index >= 15 is 0 Å². The lowest BCUT2D eigenvalue weighted by Gasteiger charge is -2.06. The molecule has 2 aromatic rings. The van der Waals surface area contributed by atoms with Crippen LogP contribution in [0.5, 0.6) is 0 Å². The van der Waals surface area contributed by atoms with E-state index in [1.54, 1.807) is 6.20 Å². The van der Waals surface area contributed by atoms with Gasteiger partial charge < -0.3 is 10.2 Å². The SMILES string of the molecule is CC(CN)c1cnc(Cc2ccc(C(F)(F)F)cc2)o1. The lowest BCUT2D eigenvalue weighted by molar-refractivity contribution is -0.137. The highest BCUT2D eigenvalue weighted by atomic mass is 19.4. The van der Waals surface area contributed by atoms with E-state index in [0.717, 1.165) is 12.1 Å². The Bertz CT molecular complexity index is 561. The van der Waals surface area contributed by atoms with Gasteiger partial charge in [-0.2, -0.15) is 13.2 Å². The fraction of sp³-hybridized carbons (Fsp3) is 0.357. The molecule has 0 aliphatic heterocycles. The molecule has 2 rings (SSSR count). The molecule has 20 heavy (non-hydrogen) atoms. The molecule has 1 unspecified atom stereocenters. The molecule has 108 valence electrons. The maximum atomic E-state index is 12.4. The Balaban J connectivity index is 2.08. The summed E-state index contributed by atoms with van der Waals surface area (Å²) in [6, 6.07) is 4.97. The van der Waals surface area contributed by atoms with Crippen LogP contribution in [0.3, 0.4) is 0 Å². The Morgan fingerprint density at radius 2 is 1.90 bits per heavy atom. The van der Waals surface area contributed by atoms with E-state index in [1.807, 2.05) is 6.92 Å². The van der Waals surface area contributed by atoms with Crippen LogP contribution in [0.4, 0.5) is 13.2 Å². The molecule has 1 heterocycles. The predicted octanol–water partition coefficient (Wildman–Crippen LogP) is 3.35. The average Bonchev–Trinajstić information content (AvgIpc) is 2.86. The second-order valence-corrected chi connectivity index (χ2v) is 4.66. The summed E-state index contributed by atoms with van der Waals surface area (Å²) < 4.78 is 42.8. The number of hydrogen-bond donors (Lipinski definition) is 1. The van der Waals surface area contributed by atoms with Crippen molar-refractivity contribution in [2.45, 2.75) is 25.4 Å². The molecule has 0 spiro atoms. The molecule has 0 fully saturated rings. The molecule has 0 saturated heterocycles. The Hall–Kier alpha value is -1.82. The highest BCUT2D eigenvalue weighted by molar-refractivity contribution is 5.26. The van der Waals surface area contributed by atoms with Crippen molar-refractivity contribution in [1.29, 1.82) is 0 Å². The maximum absolute atomic E-state index is 12.4. The largest absolute Gasteiger partial charge is 0.445 e. The van der Waals surface area contributed by atoms with E-state index in [1.165, 1.54) is 12.1 Å². The van der Waals surface area contributed by atoms with Crippen molar-refractivity contribution in [2.75, 3.05) is 6.54 Å². The Morgan fingerprint density at radius 1 is 1.25 bits per heavy atom. The number of benzene rings is 1. The first-order valence-electron chi connectivity index (χ1n) is 6.21. The highest BCUT2D eigenvalue weighted by Crippen LogP contribution is 2.29. The molecule has 0 bridgehead atoms. The Morgan fingerprint density at radius 3 is 2.45 bits per heavy atom. The summed E-state index contributed by atoms with van der Waals surface area (Å²) in [5.74, 6) is 1.23. The number of nitrogens with two attached hydrogens (primary N) is 1. The summed E-state index contributed by atoms with van der Waals surface area (Å²) in [7, 11) is 0. The molecule has 0 aliphatic carbocycles. The monoisotopic (exact) mass is 284 g/mol. The minimum Gasteiger partial charge on any atom is -0.445 e. The van der Waals surface area contributed by atoms with Crippen LogP contribution in [0.1, 0.15) is 35.6 Å². The summed E-state index contributed by atoms with van der Waals surface area (Å²) in [4.78, 5) is 4.11. The molecule has 6 heteroatoms. The van der Waals surface area contributed by atoms with Crippen LogP contribution < -0.4 is 5.73 Å². The second kappa shape index (κ2) is 5.66. The van der Waals surface area contributed by atoms with Crippen molar-refractivity contribution in [3.8, 4) is 0 Å². The van der Waals surface area contributed by atoms with Gasteiger partial charge in [-0.05, 0) is 17.7 Å². The van der Waals surface area contributed by atoms with Gasteiger partial charge in [0.2, 0.25) is 0 Å². The van der Waals surface area contributed by atoms with E-state index in [2.05, 4.69) is 4.98 Å². The van der Waals surface area contributed by atoms with E-state index in [0.29, 0.717) is 30.2 Å². The molecule has 0 saturated carbocycles. The molecular weight excluding hydrogens is 269 g/mol. The first kappa shape index (κ1) is 14.6. The number of nitrogens with zero attached hydrogens (tertiary/aromatic N) is 1. The Labute approximate surface area is 114 Å². The number of oxazole rings is 1. The lowest BCUT2D eigenvalue weighted by atomic mass is 10.1. The smallest absolute Gasteiger partial charge is 0.416 e. The minimum absolute atomic E-state index is 0.0730. The topological polar surface area (TPSA) is 52.0 Å². The van der Waals surface area contributed by atoms with Gasteiger partial charge in [0.05, 0.1) is 11.8 Å². The van der Waals surface area contributed by atoms with Crippen molar-refractivity contribution in [2.24, 2.45) is 5.73 Å². The third kappa shape index (κ3) is 3.39. The predicted molar refractivity (Wildman–Crippen MR) is 68.2 cm³/mol. The molecule has 0 aliphatic rings. The summed E-state index contributed by atoms with van der Waals surface area (Å²) >= 11 is 0. The quantitative estimate of drug-likeness (QED) is 0.936. The van der Waals surface area contributed by atoms with Gasteiger partial charge in [-0.1, -0.05) is 19.1 Å². The van der Waals surface area contributed by atoms with Gasteiger partial charge >= 0.3 is 6.18 Å². The number of halogens is 3. The maximum Gasteiger partial charge on any atom is 0.416 e. The molecular formula is C14H15F3N2O. The third-order valence-corrected chi connectivity index (χ3v) is 3.05. The van der Waals surface area contributed by atoms with Crippen molar-refractivity contribution in [1.82, 2.24) is 4.98 Å². The van der Waals surface area contributed by atoms with Gasteiger partial charge in [0, 0.05) is 18.9 Å². The summed E-state index contributed by atoms with van der Waals surface area (Å²) in [6.45, 7) is 2.37. The van der Waals surface area contributed by atoms with Gasteiger partial charge in [-0.15, -0.1) is 0 Å². The van der Waals surface area contributed by atoms with Crippen LogP contribution in [0, 0.1) is 0 Å². The van der Waals surface area contributed by atoms with Gasteiger partial charge in [0.15, 0.2) is 5.89 Å². The number of rotatable bonds is 4. The van der Waals surface area contributed by atoms with Crippen molar-refractivity contribution in [3.05, 3.63) is 53.2 Å². The van der Waals surface area contributed by atoms with Crippen molar-refractivity contribution in [3.63, 3.8) is 0 Å². The zero-order chi connectivity index (χ0) is 14.8. The normalized spacial score (nSPS) is 13.4. The van der Waals surface area contributed by atoms with E-state index in [4.69, 9.17) is 10.2 Å². The zero-order valence-electron chi connectivity index (χ0n) is 10.9. The van der Waals surface area contributed by atoms with Crippen LogP contribution in [-0.2, 0) is 12.6 Å². The van der Waals surface area contributed by atoms with Crippen LogP contribution in [0.15, 0.2) is 34.9 Å². The first-order valence-corrected chi connectivity index (χ1v) is 6.21. The molecule has 1 aromatic carbocycles.